The molecule has 1 amide bonds. The fraction of sp³-hybridized carbons (Fsp3) is 0.833. The number of aliphatic carboxylic acids is 1. The van der Waals surface area contributed by atoms with Gasteiger partial charge in [-0.15, -0.1) is 0 Å². The molecule has 1 saturated carbocycles. The number of carbonyl (C=O) groups excluding carboxylic acids is 1. The molecule has 0 spiro atoms. The Kier molecular flexibility index (Phi) is 4.51. The van der Waals surface area contributed by atoms with Crippen LogP contribution in [0.1, 0.15) is 33.6 Å². The first-order valence-corrected chi connectivity index (χ1v) is 6.14. The summed E-state index contributed by atoms with van der Waals surface area (Å²) in [4.78, 5) is 24.4. The van der Waals surface area contributed by atoms with Gasteiger partial charge < -0.3 is 15.3 Å². The quantitative estimate of drug-likeness (QED) is 0.689. The van der Waals surface area contributed by atoms with Gasteiger partial charge in [0.05, 0.1) is 6.54 Å². The minimum Gasteiger partial charge on any atom is -0.480 e. The number of nitrogens with one attached hydrogen (secondary N) is 1. The molecule has 1 rings (SSSR count). The van der Waals surface area contributed by atoms with Crippen LogP contribution in [0.2, 0.25) is 0 Å². The Morgan fingerprint density at radius 3 is 2.41 bits per heavy atom. The van der Waals surface area contributed by atoms with E-state index in [1.54, 1.807) is 20.8 Å². The maximum Gasteiger partial charge on any atom is 0.329 e. The lowest BCUT2D eigenvalue weighted by Gasteiger charge is -2.34. The molecule has 98 valence electrons. The molecule has 0 aliphatic heterocycles. The van der Waals surface area contributed by atoms with Gasteiger partial charge in [0.15, 0.2) is 0 Å². The molecule has 0 heterocycles. The van der Waals surface area contributed by atoms with Crippen LogP contribution in [-0.2, 0) is 9.59 Å². The zero-order chi connectivity index (χ0) is 13.1. The minimum atomic E-state index is -1.15. The molecule has 0 aromatic heterocycles. The molecule has 1 aliphatic carbocycles. The summed E-state index contributed by atoms with van der Waals surface area (Å²) in [6.07, 6.45) is 2.47. The largest absolute Gasteiger partial charge is 0.480 e. The Labute approximate surface area is 102 Å². The van der Waals surface area contributed by atoms with E-state index in [1.807, 2.05) is 0 Å². The van der Waals surface area contributed by atoms with E-state index in [0.29, 0.717) is 12.5 Å². The van der Waals surface area contributed by atoms with E-state index in [1.165, 1.54) is 17.7 Å². The molecule has 0 saturated heterocycles. The molecule has 0 unspecified atom stereocenters. The maximum absolute atomic E-state index is 11.9. The maximum atomic E-state index is 11.9. The van der Waals surface area contributed by atoms with Crippen molar-refractivity contribution in [3.63, 3.8) is 0 Å². The number of hydrogen-bond donors (Lipinski definition) is 2. The van der Waals surface area contributed by atoms with E-state index in [2.05, 4.69) is 5.32 Å². The van der Waals surface area contributed by atoms with E-state index in [4.69, 9.17) is 5.11 Å². The topological polar surface area (TPSA) is 69.6 Å². The van der Waals surface area contributed by atoms with Crippen molar-refractivity contribution in [2.75, 3.05) is 19.6 Å². The zero-order valence-corrected chi connectivity index (χ0v) is 10.8. The Hall–Kier alpha value is -1.10. The first-order valence-electron chi connectivity index (χ1n) is 6.14. The Balaban J connectivity index is 2.46. The van der Waals surface area contributed by atoms with Crippen molar-refractivity contribution in [3.8, 4) is 0 Å². The van der Waals surface area contributed by atoms with E-state index in [0.717, 1.165) is 6.54 Å². The standard InChI is InChI=1S/C12H22N2O3/c1-4-14(12(2,3)11(16)17)10(15)8-13-7-9-5-6-9/h9,13H,4-8H2,1-3H3,(H,16,17). The molecule has 1 fully saturated rings. The molecule has 0 atom stereocenters. The fourth-order valence-electron chi connectivity index (χ4n) is 1.80. The van der Waals surface area contributed by atoms with Crippen LogP contribution in [0.15, 0.2) is 0 Å². The van der Waals surface area contributed by atoms with Crippen LogP contribution >= 0.6 is 0 Å². The average molecular weight is 242 g/mol. The second-order valence-corrected chi connectivity index (χ2v) is 5.08. The minimum absolute atomic E-state index is 0.152. The summed E-state index contributed by atoms with van der Waals surface area (Å²) in [6.45, 7) is 6.39. The first-order chi connectivity index (χ1) is 7.89. The van der Waals surface area contributed by atoms with Crippen LogP contribution in [0.5, 0.6) is 0 Å². The van der Waals surface area contributed by atoms with Gasteiger partial charge in [0.2, 0.25) is 5.91 Å². The highest BCUT2D eigenvalue weighted by atomic mass is 16.4. The number of likely N-dealkylation sites (N-methyl/N-ethyl adjacent to an activating group) is 1. The summed E-state index contributed by atoms with van der Waals surface area (Å²) in [5.41, 5.74) is -1.15. The lowest BCUT2D eigenvalue weighted by molar-refractivity contribution is -0.156. The number of rotatable bonds is 7. The number of amides is 1. The predicted molar refractivity (Wildman–Crippen MR) is 64.7 cm³/mol. The summed E-state index contributed by atoms with van der Waals surface area (Å²) >= 11 is 0. The van der Waals surface area contributed by atoms with E-state index >= 15 is 0 Å². The van der Waals surface area contributed by atoms with Crippen LogP contribution in [-0.4, -0.2) is 47.1 Å². The van der Waals surface area contributed by atoms with Crippen molar-refractivity contribution in [1.82, 2.24) is 10.2 Å². The summed E-state index contributed by atoms with van der Waals surface area (Å²) < 4.78 is 0. The van der Waals surface area contributed by atoms with E-state index in [-0.39, 0.29) is 12.5 Å². The van der Waals surface area contributed by atoms with Crippen LogP contribution in [0, 0.1) is 5.92 Å². The molecular formula is C12H22N2O3. The third kappa shape index (κ3) is 3.70. The van der Waals surface area contributed by atoms with Crippen LogP contribution in [0.25, 0.3) is 0 Å². The molecule has 0 aromatic rings. The van der Waals surface area contributed by atoms with Crippen molar-refractivity contribution >= 4 is 11.9 Å². The molecule has 0 bridgehead atoms. The highest BCUT2D eigenvalue weighted by Crippen LogP contribution is 2.27. The van der Waals surface area contributed by atoms with Gasteiger partial charge in [-0.1, -0.05) is 0 Å². The lowest BCUT2D eigenvalue weighted by atomic mass is 10.0. The summed E-state index contributed by atoms with van der Waals surface area (Å²) in [7, 11) is 0. The predicted octanol–water partition coefficient (Wildman–Crippen LogP) is 0.698. The number of hydrogen-bond acceptors (Lipinski definition) is 3. The fourth-order valence-corrected chi connectivity index (χ4v) is 1.80. The first kappa shape index (κ1) is 14.0. The highest BCUT2D eigenvalue weighted by molar-refractivity contribution is 5.87. The Morgan fingerprint density at radius 2 is 2.00 bits per heavy atom. The third-order valence-electron chi connectivity index (χ3n) is 3.22. The third-order valence-corrected chi connectivity index (χ3v) is 3.22. The number of carboxylic acids is 1. The second kappa shape index (κ2) is 5.49. The van der Waals surface area contributed by atoms with Crippen LogP contribution in [0.3, 0.4) is 0 Å². The van der Waals surface area contributed by atoms with Crippen molar-refractivity contribution in [3.05, 3.63) is 0 Å². The highest BCUT2D eigenvalue weighted by Gasteiger charge is 2.36. The van der Waals surface area contributed by atoms with Gasteiger partial charge in [-0.3, -0.25) is 4.79 Å². The SMILES string of the molecule is CCN(C(=O)CNCC1CC1)C(C)(C)C(=O)O. The van der Waals surface area contributed by atoms with Gasteiger partial charge in [-0.05, 0) is 46.1 Å². The van der Waals surface area contributed by atoms with Gasteiger partial charge in [0, 0.05) is 6.54 Å². The van der Waals surface area contributed by atoms with Crippen molar-refractivity contribution < 1.29 is 14.7 Å². The average Bonchev–Trinajstić information content (AvgIpc) is 3.02. The smallest absolute Gasteiger partial charge is 0.329 e. The zero-order valence-electron chi connectivity index (χ0n) is 10.8. The van der Waals surface area contributed by atoms with E-state index < -0.39 is 11.5 Å². The van der Waals surface area contributed by atoms with Gasteiger partial charge in [0.25, 0.3) is 0 Å². The summed E-state index contributed by atoms with van der Waals surface area (Å²) in [5.74, 6) is -0.416. The number of nitrogens with zero attached hydrogens (tertiary/aromatic N) is 1. The Bertz CT molecular complexity index is 298. The van der Waals surface area contributed by atoms with Crippen molar-refractivity contribution in [2.24, 2.45) is 5.92 Å². The molecule has 1 aliphatic rings. The molecular weight excluding hydrogens is 220 g/mol. The van der Waals surface area contributed by atoms with Gasteiger partial charge in [-0.25, -0.2) is 4.79 Å². The van der Waals surface area contributed by atoms with E-state index in [9.17, 15) is 9.59 Å². The Morgan fingerprint density at radius 1 is 1.41 bits per heavy atom. The lowest BCUT2D eigenvalue weighted by Crippen LogP contribution is -2.55. The van der Waals surface area contributed by atoms with Gasteiger partial charge in [-0.2, -0.15) is 0 Å². The second-order valence-electron chi connectivity index (χ2n) is 5.08. The van der Waals surface area contributed by atoms with Gasteiger partial charge >= 0.3 is 5.97 Å². The molecule has 0 aromatic carbocycles. The molecule has 2 N–H and O–H groups in total. The summed E-state index contributed by atoms with van der Waals surface area (Å²) in [5, 5.41) is 12.2. The van der Waals surface area contributed by atoms with Crippen molar-refractivity contribution in [2.45, 2.75) is 39.2 Å². The summed E-state index contributed by atoms with van der Waals surface area (Å²) in [6, 6.07) is 0. The molecule has 5 nitrogen and oxygen atoms in total. The molecule has 5 heteroatoms. The van der Waals surface area contributed by atoms with Gasteiger partial charge in [0.1, 0.15) is 5.54 Å². The molecule has 0 radical (unpaired) electrons. The monoisotopic (exact) mass is 242 g/mol. The molecule has 17 heavy (non-hydrogen) atoms. The van der Waals surface area contributed by atoms with Crippen LogP contribution in [0.4, 0.5) is 0 Å². The number of carboxylic acid groups (broad SMARTS) is 1. The van der Waals surface area contributed by atoms with Crippen LogP contribution < -0.4 is 5.32 Å². The van der Waals surface area contributed by atoms with Crippen molar-refractivity contribution in [1.29, 1.82) is 0 Å². The number of carbonyl (C=O) groups is 2. The normalized spacial score (nSPS) is 15.7.